The van der Waals surface area contributed by atoms with Crippen molar-refractivity contribution in [3.8, 4) is 0 Å². The van der Waals surface area contributed by atoms with Crippen molar-refractivity contribution in [2.24, 2.45) is 0 Å². The lowest BCUT2D eigenvalue weighted by atomic mass is 10.1. The zero-order valence-electron chi connectivity index (χ0n) is 14.5. The van der Waals surface area contributed by atoms with Crippen LogP contribution >= 0.6 is 12.2 Å². The highest BCUT2D eigenvalue weighted by Crippen LogP contribution is 2.25. The maximum atomic E-state index is 12.4. The summed E-state index contributed by atoms with van der Waals surface area (Å²) in [5.41, 5.74) is 2.55. The van der Waals surface area contributed by atoms with Crippen LogP contribution < -0.4 is 10.6 Å². The first-order chi connectivity index (χ1) is 11.2. The van der Waals surface area contributed by atoms with Gasteiger partial charge in [-0.1, -0.05) is 0 Å². The van der Waals surface area contributed by atoms with E-state index in [0.29, 0.717) is 17.3 Å². The van der Waals surface area contributed by atoms with Gasteiger partial charge in [-0.2, -0.15) is 0 Å². The number of anilines is 1. The van der Waals surface area contributed by atoms with Gasteiger partial charge in [-0.05, 0) is 62.2 Å². The first-order valence-electron chi connectivity index (χ1n) is 7.92. The molecule has 1 saturated heterocycles. The van der Waals surface area contributed by atoms with E-state index in [0.717, 1.165) is 30.6 Å². The summed E-state index contributed by atoms with van der Waals surface area (Å²) < 4.78 is 31.5. The Kier molecular flexibility index (Phi) is 6.19. The third kappa shape index (κ3) is 4.44. The Morgan fingerprint density at radius 3 is 2.67 bits per heavy atom. The normalized spacial score (nSPS) is 18.0. The number of ether oxygens (including phenoxy) is 1. The maximum absolute atomic E-state index is 12.4. The molecule has 1 aliphatic heterocycles. The van der Waals surface area contributed by atoms with E-state index >= 15 is 0 Å². The van der Waals surface area contributed by atoms with Gasteiger partial charge in [-0.15, -0.1) is 0 Å². The molecule has 0 radical (unpaired) electrons. The van der Waals surface area contributed by atoms with Gasteiger partial charge in [0.25, 0.3) is 0 Å². The molecule has 0 aliphatic carbocycles. The molecule has 0 aromatic heterocycles. The smallest absolute Gasteiger partial charge is 0.242 e. The third-order valence-corrected chi connectivity index (χ3v) is 6.22. The Labute approximate surface area is 149 Å². The van der Waals surface area contributed by atoms with Crippen molar-refractivity contribution in [3.05, 3.63) is 23.3 Å². The minimum absolute atomic E-state index is 0.188. The Morgan fingerprint density at radius 1 is 1.38 bits per heavy atom. The van der Waals surface area contributed by atoms with E-state index < -0.39 is 10.0 Å². The van der Waals surface area contributed by atoms with Crippen molar-refractivity contribution in [2.75, 3.05) is 32.6 Å². The van der Waals surface area contributed by atoms with Crippen LogP contribution in [0.4, 0.5) is 5.69 Å². The molecule has 1 aromatic rings. The fourth-order valence-electron chi connectivity index (χ4n) is 2.49. The molecule has 0 amide bonds. The van der Waals surface area contributed by atoms with Crippen molar-refractivity contribution >= 4 is 33.0 Å². The fraction of sp³-hybridized carbons (Fsp3) is 0.562. The van der Waals surface area contributed by atoms with Crippen LogP contribution in [-0.2, 0) is 14.8 Å². The van der Waals surface area contributed by atoms with Crippen LogP contribution in [0, 0.1) is 13.8 Å². The Balaban J connectivity index is 2.14. The molecular formula is C16H25N3O3S2. The molecule has 24 heavy (non-hydrogen) atoms. The van der Waals surface area contributed by atoms with Gasteiger partial charge >= 0.3 is 0 Å². The second kappa shape index (κ2) is 7.77. The molecular weight excluding hydrogens is 346 g/mol. The summed E-state index contributed by atoms with van der Waals surface area (Å²) in [5, 5.41) is 6.71. The highest BCUT2D eigenvalue weighted by molar-refractivity contribution is 7.89. The molecule has 0 unspecified atom stereocenters. The number of benzene rings is 1. The Hall–Kier alpha value is -1.22. The first kappa shape index (κ1) is 19.1. The van der Waals surface area contributed by atoms with Crippen LogP contribution in [0.25, 0.3) is 0 Å². The minimum Gasteiger partial charge on any atom is -0.376 e. The molecule has 0 spiro atoms. The Morgan fingerprint density at radius 2 is 2.08 bits per heavy atom. The van der Waals surface area contributed by atoms with Crippen molar-refractivity contribution in [1.29, 1.82) is 0 Å². The topological polar surface area (TPSA) is 70.7 Å². The van der Waals surface area contributed by atoms with Gasteiger partial charge in [0.05, 0.1) is 11.0 Å². The SMILES string of the molecule is Cc1cc(S(=O)(=O)N(C)C)cc(NC(=S)NC[C@@H]2CCCO2)c1C. The molecule has 8 heteroatoms. The molecule has 1 atom stereocenters. The number of aryl methyl sites for hydroxylation is 1. The van der Waals surface area contributed by atoms with Crippen molar-refractivity contribution in [3.63, 3.8) is 0 Å². The molecule has 2 rings (SSSR count). The molecule has 1 aromatic carbocycles. The summed E-state index contributed by atoms with van der Waals surface area (Å²) in [6, 6.07) is 3.30. The van der Waals surface area contributed by atoms with Crippen molar-refractivity contribution in [2.45, 2.75) is 37.7 Å². The highest BCUT2D eigenvalue weighted by atomic mass is 32.2. The van der Waals surface area contributed by atoms with Crippen LogP contribution in [0.2, 0.25) is 0 Å². The lowest BCUT2D eigenvalue weighted by molar-refractivity contribution is 0.114. The summed E-state index contributed by atoms with van der Waals surface area (Å²) in [7, 11) is -0.452. The van der Waals surface area contributed by atoms with E-state index in [2.05, 4.69) is 10.6 Å². The number of hydrogen-bond acceptors (Lipinski definition) is 4. The van der Waals surface area contributed by atoms with Gasteiger partial charge in [-0.3, -0.25) is 0 Å². The van der Waals surface area contributed by atoms with Gasteiger partial charge in [0.1, 0.15) is 0 Å². The highest BCUT2D eigenvalue weighted by Gasteiger charge is 2.20. The fourth-order valence-corrected chi connectivity index (χ4v) is 3.70. The van der Waals surface area contributed by atoms with Gasteiger partial charge in [0, 0.05) is 32.9 Å². The second-order valence-corrected chi connectivity index (χ2v) is 8.73. The van der Waals surface area contributed by atoms with Crippen LogP contribution in [-0.4, -0.2) is 51.2 Å². The van der Waals surface area contributed by atoms with Crippen LogP contribution in [0.5, 0.6) is 0 Å². The van der Waals surface area contributed by atoms with Gasteiger partial charge < -0.3 is 15.4 Å². The zero-order chi connectivity index (χ0) is 17.9. The number of thiocarbonyl (C=S) groups is 1. The standard InChI is InChI=1S/C16H25N3O3S2/c1-11-8-14(24(20,21)19(3)4)9-15(12(11)2)18-16(23)17-10-13-6-5-7-22-13/h8-9,13H,5-7,10H2,1-4H3,(H2,17,18,23)/t13-/m0/s1. The average Bonchev–Trinajstić information content (AvgIpc) is 3.02. The van der Waals surface area contributed by atoms with Gasteiger partial charge in [0.2, 0.25) is 10.0 Å². The monoisotopic (exact) mass is 371 g/mol. The molecule has 1 aliphatic rings. The number of hydrogen-bond donors (Lipinski definition) is 2. The number of nitrogens with one attached hydrogen (secondary N) is 2. The molecule has 1 heterocycles. The molecule has 6 nitrogen and oxygen atoms in total. The number of rotatable bonds is 5. The average molecular weight is 372 g/mol. The van der Waals surface area contributed by atoms with Crippen LogP contribution in [0.3, 0.4) is 0 Å². The van der Waals surface area contributed by atoms with Gasteiger partial charge in [0.15, 0.2) is 5.11 Å². The number of nitrogens with zero attached hydrogens (tertiary/aromatic N) is 1. The zero-order valence-corrected chi connectivity index (χ0v) is 16.2. The van der Waals surface area contributed by atoms with E-state index in [4.69, 9.17) is 17.0 Å². The maximum Gasteiger partial charge on any atom is 0.242 e. The quantitative estimate of drug-likeness (QED) is 0.772. The second-order valence-electron chi connectivity index (χ2n) is 6.17. The predicted octanol–water partition coefficient (Wildman–Crippen LogP) is 2.02. The van der Waals surface area contributed by atoms with E-state index in [-0.39, 0.29) is 11.0 Å². The van der Waals surface area contributed by atoms with E-state index in [1.165, 1.54) is 18.4 Å². The molecule has 0 bridgehead atoms. The summed E-state index contributed by atoms with van der Waals surface area (Å²) >= 11 is 5.32. The molecule has 134 valence electrons. The largest absolute Gasteiger partial charge is 0.376 e. The summed E-state index contributed by atoms with van der Waals surface area (Å²) in [6.07, 6.45) is 2.30. The summed E-state index contributed by atoms with van der Waals surface area (Å²) in [5.74, 6) is 0. The first-order valence-corrected chi connectivity index (χ1v) is 9.77. The predicted molar refractivity (Wildman–Crippen MR) is 100.0 cm³/mol. The molecule has 0 saturated carbocycles. The van der Waals surface area contributed by atoms with Crippen LogP contribution in [0.1, 0.15) is 24.0 Å². The lowest BCUT2D eigenvalue weighted by Crippen LogP contribution is -2.35. The summed E-state index contributed by atoms with van der Waals surface area (Å²) in [6.45, 7) is 5.28. The van der Waals surface area contributed by atoms with E-state index in [9.17, 15) is 8.42 Å². The molecule has 2 N–H and O–H groups in total. The lowest BCUT2D eigenvalue weighted by Gasteiger charge is -2.18. The van der Waals surface area contributed by atoms with E-state index in [1.54, 1.807) is 12.1 Å². The van der Waals surface area contributed by atoms with Gasteiger partial charge in [-0.25, -0.2) is 12.7 Å². The van der Waals surface area contributed by atoms with Crippen LogP contribution in [0.15, 0.2) is 17.0 Å². The summed E-state index contributed by atoms with van der Waals surface area (Å²) in [4.78, 5) is 0.250. The van der Waals surface area contributed by atoms with E-state index in [1.807, 2.05) is 13.8 Å². The Bertz CT molecular complexity index is 712. The van der Waals surface area contributed by atoms with Crippen molar-refractivity contribution in [1.82, 2.24) is 9.62 Å². The third-order valence-electron chi connectivity index (χ3n) is 4.18. The number of sulfonamides is 1. The van der Waals surface area contributed by atoms with Crippen molar-refractivity contribution < 1.29 is 13.2 Å². The molecule has 1 fully saturated rings. The minimum atomic E-state index is -3.49.